The standard InChI is InChI=1S/C19H23N3O3/c1-25-15-8-6-14(7-9-15)22-17-5-3-2-4-16(17)19(24)21-11-13-10-20-12-18(13)23/h2-9,13,18,20,22-23H,10-12H2,1H3,(H,21,24). The number of aliphatic hydroxyl groups is 1. The maximum atomic E-state index is 12.5. The Bertz CT molecular complexity index is 718. The highest BCUT2D eigenvalue weighted by Gasteiger charge is 2.25. The predicted molar refractivity (Wildman–Crippen MR) is 97.4 cm³/mol. The summed E-state index contributed by atoms with van der Waals surface area (Å²) in [5, 5.41) is 19.1. The molecule has 6 heteroatoms. The quantitative estimate of drug-likeness (QED) is 0.643. The number of ether oxygens (including phenoxy) is 1. The van der Waals surface area contributed by atoms with E-state index in [2.05, 4.69) is 16.0 Å². The summed E-state index contributed by atoms with van der Waals surface area (Å²) in [6, 6.07) is 14.9. The Morgan fingerprint density at radius 1 is 1.20 bits per heavy atom. The number of benzene rings is 2. The zero-order valence-electron chi connectivity index (χ0n) is 14.2. The fourth-order valence-corrected chi connectivity index (χ4v) is 2.87. The average molecular weight is 341 g/mol. The molecule has 132 valence electrons. The van der Waals surface area contributed by atoms with Gasteiger partial charge in [-0.25, -0.2) is 0 Å². The Balaban J connectivity index is 1.67. The van der Waals surface area contributed by atoms with Crippen molar-refractivity contribution >= 4 is 17.3 Å². The van der Waals surface area contributed by atoms with Gasteiger partial charge in [-0.2, -0.15) is 0 Å². The number of β-amino-alcohol motifs (C(OH)–C–C–N with tert-alkyl or cyclic N) is 1. The van der Waals surface area contributed by atoms with Crippen LogP contribution in [0.15, 0.2) is 48.5 Å². The zero-order valence-corrected chi connectivity index (χ0v) is 14.2. The number of methoxy groups -OCH3 is 1. The second-order valence-electron chi connectivity index (χ2n) is 6.09. The lowest BCUT2D eigenvalue weighted by atomic mass is 10.1. The third-order valence-corrected chi connectivity index (χ3v) is 4.37. The lowest BCUT2D eigenvalue weighted by molar-refractivity contribution is 0.0928. The van der Waals surface area contributed by atoms with E-state index < -0.39 is 6.10 Å². The van der Waals surface area contributed by atoms with Gasteiger partial charge in [0.2, 0.25) is 0 Å². The van der Waals surface area contributed by atoms with Crippen molar-refractivity contribution in [2.45, 2.75) is 6.10 Å². The first-order valence-corrected chi connectivity index (χ1v) is 8.34. The number of amides is 1. The summed E-state index contributed by atoms with van der Waals surface area (Å²) in [6.07, 6.45) is -0.409. The van der Waals surface area contributed by atoms with Gasteiger partial charge >= 0.3 is 0 Å². The molecule has 0 bridgehead atoms. The molecule has 0 saturated carbocycles. The summed E-state index contributed by atoms with van der Waals surface area (Å²) in [5.41, 5.74) is 2.17. The Labute approximate surface area is 147 Å². The van der Waals surface area contributed by atoms with Crippen LogP contribution in [0.3, 0.4) is 0 Å². The zero-order chi connectivity index (χ0) is 17.6. The molecule has 25 heavy (non-hydrogen) atoms. The number of carbonyl (C=O) groups is 1. The molecule has 1 aliphatic rings. The second kappa shape index (κ2) is 8.00. The van der Waals surface area contributed by atoms with E-state index in [0.29, 0.717) is 25.2 Å². The van der Waals surface area contributed by atoms with Gasteiger partial charge in [0.1, 0.15) is 5.75 Å². The summed E-state index contributed by atoms with van der Waals surface area (Å²) in [7, 11) is 1.62. The van der Waals surface area contributed by atoms with Gasteiger partial charge < -0.3 is 25.8 Å². The van der Waals surface area contributed by atoms with Gasteiger partial charge in [-0.1, -0.05) is 12.1 Å². The summed E-state index contributed by atoms with van der Waals surface area (Å²) >= 11 is 0. The number of anilines is 2. The van der Waals surface area contributed by atoms with E-state index in [4.69, 9.17) is 4.74 Å². The Morgan fingerprint density at radius 2 is 1.96 bits per heavy atom. The van der Waals surface area contributed by atoms with Crippen molar-refractivity contribution in [1.82, 2.24) is 10.6 Å². The molecule has 4 N–H and O–H groups in total. The Morgan fingerprint density at radius 3 is 2.64 bits per heavy atom. The first-order chi connectivity index (χ1) is 12.2. The Kier molecular flexibility index (Phi) is 5.53. The molecular formula is C19H23N3O3. The van der Waals surface area contributed by atoms with Crippen LogP contribution < -0.4 is 20.7 Å². The van der Waals surface area contributed by atoms with Crippen molar-refractivity contribution in [3.8, 4) is 5.75 Å². The third-order valence-electron chi connectivity index (χ3n) is 4.37. The van der Waals surface area contributed by atoms with Gasteiger partial charge in [0.05, 0.1) is 24.5 Å². The predicted octanol–water partition coefficient (Wildman–Crippen LogP) is 1.75. The van der Waals surface area contributed by atoms with Crippen LogP contribution in [0.5, 0.6) is 5.75 Å². The molecule has 3 rings (SSSR count). The second-order valence-corrected chi connectivity index (χ2v) is 6.09. The topological polar surface area (TPSA) is 82.6 Å². The average Bonchev–Trinajstić information content (AvgIpc) is 3.06. The van der Waals surface area contributed by atoms with Crippen LogP contribution in [-0.4, -0.2) is 43.9 Å². The molecule has 2 unspecified atom stereocenters. The van der Waals surface area contributed by atoms with Gasteiger partial charge in [0.15, 0.2) is 0 Å². The minimum atomic E-state index is -0.409. The number of aliphatic hydroxyl groups excluding tert-OH is 1. The van der Waals surface area contributed by atoms with Crippen molar-refractivity contribution in [2.24, 2.45) is 5.92 Å². The lowest BCUT2D eigenvalue weighted by Gasteiger charge is -2.16. The molecule has 1 amide bonds. The van der Waals surface area contributed by atoms with Crippen LogP contribution in [0, 0.1) is 5.92 Å². The number of para-hydroxylation sites is 1. The number of carbonyl (C=O) groups excluding carboxylic acids is 1. The van der Waals surface area contributed by atoms with Crippen LogP contribution in [0.25, 0.3) is 0 Å². The SMILES string of the molecule is COc1ccc(Nc2ccccc2C(=O)NCC2CNCC2O)cc1. The minimum Gasteiger partial charge on any atom is -0.497 e. The molecule has 2 aromatic rings. The monoisotopic (exact) mass is 341 g/mol. The first-order valence-electron chi connectivity index (χ1n) is 8.34. The molecule has 2 aromatic carbocycles. The molecular weight excluding hydrogens is 318 g/mol. The largest absolute Gasteiger partial charge is 0.497 e. The number of nitrogens with one attached hydrogen (secondary N) is 3. The van der Waals surface area contributed by atoms with Crippen LogP contribution in [0.4, 0.5) is 11.4 Å². The van der Waals surface area contributed by atoms with E-state index >= 15 is 0 Å². The van der Waals surface area contributed by atoms with Crippen molar-refractivity contribution in [3.05, 3.63) is 54.1 Å². The van der Waals surface area contributed by atoms with E-state index in [1.54, 1.807) is 13.2 Å². The minimum absolute atomic E-state index is 0.0469. The number of hydrogen-bond donors (Lipinski definition) is 4. The maximum absolute atomic E-state index is 12.5. The highest BCUT2D eigenvalue weighted by Crippen LogP contribution is 2.23. The third kappa shape index (κ3) is 4.29. The molecule has 6 nitrogen and oxygen atoms in total. The lowest BCUT2D eigenvalue weighted by Crippen LogP contribution is -2.34. The van der Waals surface area contributed by atoms with Crippen molar-refractivity contribution in [1.29, 1.82) is 0 Å². The van der Waals surface area contributed by atoms with E-state index in [1.165, 1.54) is 0 Å². The highest BCUT2D eigenvalue weighted by atomic mass is 16.5. The van der Waals surface area contributed by atoms with Crippen LogP contribution in [0.1, 0.15) is 10.4 Å². The number of rotatable bonds is 6. The maximum Gasteiger partial charge on any atom is 0.253 e. The highest BCUT2D eigenvalue weighted by molar-refractivity contribution is 6.00. The molecule has 1 fully saturated rings. The molecule has 1 aliphatic heterocycles. The van der Waals surface area contributed by atoms with Gasteiger partial charge in [-0.05, 0) is 36.4 Å². The van der Waals surface area contributed by atoms with Gasteiger partial charge in [-0.3, -0.25) is 4.79 Å². The van der Waals surface area contributed by atoms with E-state index in [9.17, 15) is 9.90 Å². The van der Waals surface area contributed by atoms with Gasteiger partial charge in [0, 0.05) is 31.2 Å². The molecule has 0 radical (unpaired) electrons. The van der Waals surface area contributed by atoms with Crippen LogP contribution in [-0.2, 0) is 0 Å². The molecule has 0 aromatic heterocycles. The normalized spacial score (nSPS) is 19.4. The fraction of sp³-hybridized carbons (Fsp3) is 0.316. The molecule has 1 heterocycles. The fourth-order valence-electron chi connectivity index (χ4n) is 2.87. The molecule has 0 aliphatic carbocycles. The summed E-state index contributed by atoms with van der Waals surface area (Å²) in [6.45, 7) is 1.74. The van der Waals surface area contributed by atoms with Gasteiger partial charge in [0.25, 0.3) is 5.91 Å². The Hall–Kier alpha value is -2.57. The van der Waals surface area contributed by atoms with Crippen molar-refractivity contribution < 1.29 is 14.6 Å². The molecule has 2 atom stereocenters. The smallest absolute Gasteiger partial charge is 0.253 e. The molecule has 1 saturated heterocycles. The van der Waals surface area contributed by atoms with Gasteiger partial charge in [-0.15, -0.1) is 0 Å². The molecule has 0 spiro atoms. The van der Waals surface area contributed by atoms with E-state index in [0.717, 1.165) is 17.1 Å². The van der Waals surface area contributed by atoms with Crippen molar-refractivity contribution in [2.75, 3.05) is 32.1 Å². The summed E-state index contributed by atoms with van der Waals surface area (Å²) in [5.74, 6) is 0.668. The van der Waals surface area contributed by atoms with Crippen molar-refractivity contribution in [3.63, 3.8) is 0 Å². The first kappa shape index (κ1) is 17.3. The summed E-state index contributed by atoms with van der Waals surface area (Å²) in [4.78, 5) is 12.5. The van der Waals surface area contributed by atoms with E-state index in [-0.39, 0.29) is 11.8 Å². The van der Waals surface area contributed by atoms with Crippen LogP contribution in [0.2, 0.25) is 0 Å². The summed E-state index contributed by atoms with van der Waals surface area (Å²) < 4.78 is 5.15. The number of hydrogen-bond acceptors (Lipinski definition) is 5. The van der Waals surface area contributed by atoms with Crippen LogP contribution >= 0.6 is 0 Å². The van der Waals surface area contributed by atoms with E-state index in [1.807, 2.05) is 42.5 Å².